The second-order valence-corrected chi connectivity index (χ2v) is 4.05. The summed E-state index contributed by atoms with van der Waals surface area (Å²) < 4.78 is 10.6. The van der Waals surface area contributed by atoms with Gasteiger partial charge in [-0.25, -0.2) is 0 Å². The lowest BCUT2D eigenvalue weighted by atomic mass is 10.3. The maximum absolute atomic E-state index is 10.4. The Hall–Kier alpha value is -1.45. The maximum Gasteiger partial charge on any atom is 0.185 e. The molecule has 2 rings (SSSR count). The average Bonchev–Trinajstić information content (AvgIpc) is 2.79. The number of aldehydes is 1. The summed E-state index contributed by atoms with van der Waals surface area (Å²) in [5.74, 6) is 1.28. The van der Waals surface area contributed by atoms with Crippen molar-refractivity contribution in [3.8, 4) is 5.75 Å². The molecular weight excluding hydrogens is 263 g/mol. The van der Waals surface area contributed by atoms with E-state index in [0.717, 1.165) is 0 Å². The van der Waals surface area contributed by atoms with E-state index < -0.39 is 0 Å². The van der Waals surface area contributed by atoms with Gasteiger partial charge >= 0.3 is 0 Å². The van der Waals surface area contributed by atoms with Crippen LogP contribution in [0.4, 0.5) is 0 Å². The van der Waals surface area contributed by atoms with Crippen LogP contribution in [0, 0.1) is 0 Å². The number of hydrogen-bond donors (Lipinski definition) is 0. The van der Waals surface area contributed by atoms with E-state index in [1.54, 1.807) is 30.3 Å². The molecule has 0 aliphatic carbocycles. The van der Waals surface area contributed by atoms with Crippen LogP contribution in [0.15, 0.2) is 34.7 Å². The van der Waals surface area contributed by atoms with Gasteiger partial charge in [0.1, 0.15) is 23.1 Å². The smallest absolute Gasteiger partial charge is 0.185 e. The molecule has 2 aromatic rings. The molecule has 17 heavy (non-hydrogen) atoms. The fourth-order valence-corrected chi connectivity index (χ4v) is 1.63. The molecule has 0 amide bonds. The molecule has 0 radical (unpaired) electrons. The zero-order valence-electron chi connectivity index (χ0n) is 8.65. The Balaban J connectivity index is 2.07. The summed E-state index contributed by atoms with van der Waals surface area (Å²) in [6, 6.07) is 8.36. The van der Waals surface area contributed by atoms with Crippen LogP contribution in [0.1, 0.15) is 16.3 Å². The lowest BCUT2D eigenvalue weighted by molar-refractivity contribution is 0.109. The van der Waals surface area contributed by atoms with Crippen molar-refractivity contribution >= 4 is 29.5 Å². The Morgan fingerprint density at radius 1 is 1.24 bits per heavy atom. The number of halogens is 2. The third-order valence-corrected chi connectivity index (χ3v) is 2.89. The van der Waals surface area contributed by atoms with Crippen LogP contribution < -0.4 is 4.74 Å². The second kappa shape index (κ2) is 5.25. The molecule has 1 aromatic carbocycles. The zero-order chi connectivity index (χ0) is 12.3. The summed E-state index contributed by atoms with van der Waals surface area (Å²) in [6.45, 7) is 0.188. The lowest BCUT2D eigenvalue weighted by Crippen LogP contribution is -1.94. The summed E-state index contributed by atoms with van der Waals surface area (Å²) in [6.07, 6.45) is 0.635. The van der Waals surface area contributed by atoms with Gasteiger partial charge in [0.25, 0.3) is 0 Å². The first kappa shape index (κ1) is 12.0. The van der Waals surface area contributed by atoms with E-state index in [9.17, 15) is 4.79 Å². The fraction of sp³-hybridized carbons (Fsp3) is 0.0833. The maximum atomic E-state index is 10.4. The molecule has 1 heterocycles. The Labute approximate surface area is 108 Å². The topological polar surface area (TPSA) is 39.4 Å². The average molecular weight is 271 g/mol. The van der Waals surface area contributed by atoms with E-state index in [1.807, 2.05) is 0 Å². The van der Waals surface area contributed by atoms with Crippen LogP contribution in [0.3, 0.4) is 0 Å². The highest BCUT2D eigenvalue weighted by atomic mass is 35.5. The molecule has 0 bridgehead atoms. The molecule has 0 fully saturated rings. The number of ether oxygens (including phenoxy) is 1. The zero-order valence-corrected chi connectivity index (χ0v) is 10.2. The Kier molecular flexibility index (Phi) is 3.71. The Bertz CT molecular complexity index is 534. The van der Waals surface area contributed by atoms with Crippen LogP contribution in [0.2, 0.25) is 10.0 Å². The van der Waals surface area contributed by atoms with Gasteiger partial charge in [0.2, 0.25) is 0 Å². The number of rotatable bonds is 4. The minimum absolute atomic E-state index is 0.188. The fourth-order valence-electron chi connectivity index (χ4n) is 1.28. The number of carbonyl (C=O) groups is 1. The van der Waals surface area contributed by atoms with Crippen molar-refractivity contribution in [3.05, 3.63) is 51.9 Å². The molecule has 5 heteroatoms. The first-order valence-electron chi connectivity index (χ1n) is 4.81. The van der Waals surface area contributed by atoms with Crippen LogP contribution in [0.25, 0.3) is 0 Å². The Morgan fingerprint density at radius 2 is 2.06 bits per heavy atom. The van der Waals surface area contributed by atoms with Crippen molar-refractivity contribution < 1.29 is 13.9 Å². The van der Waals surface area contributed by atoms with Crippen molar-refractivity contribution in [3.63, 3.8) is 0 Å². The third-order valence-electron chi connectivity index (χ3n) is 2.08. The van der Waals surface area contributed by atoms with Crippen LogP contribution in [-0.4, -0.2) is 6.29 Å². The van der Waals surface area contributed by atoms with Crippen molar-refractivity contribution in [1.29, 1.82) is 0 Å². The predicted molar refractivity (Wildman–Crippen MR) is 64.9 cm³/mol. The van der Waals surface area contributed by atoms with E-state index in [2.05, 4.69) is 0 Å². The molecule has 0 saturated heterocycles. The van der Waals surface area contributed by atoms with Crippen molar-refractivity contribution in [1.82, 2.24) is 0 Å². The molecular formula is C12H8Cl2O3. The number of benzene rings is 1. The number of furan rings is 1. The molecule has 0 aliphatic rings. The molecule has 0 atom stereocenters. The molecule has 0 saturated carbocycles. The minimum atomic E-state index is 0.188. The number of hydrogen-bond acceptors (Lipinski definition) is 3. The summed E-state index contributed by atoms with van der Waals surface area (Å²) >= 11 is 11.8. The van der Waals surface area contributed by atoms with Gasteiger partial charge in [0.15, 0.2) is 12.0 Å². The lowest BCUT2D eigenvalue weighted by Gasteiger charge is -2.06. The van der Waals surface area contributed by atoms with Gasteiger partial charge < -0.3 is 9.15 Å². The highest BCUT2D eigenvalue weighted by molar-refractivity contribution is 6.42. The first-order chi connectivity index (χ1) is 8.20. The monoisotopic (exact) mass is 270 g/mol. The van der Waals surface area contributed by atoms with E-state index in [0.29, 0.717) is 27.8 Å². The molecule has 3 nitrogen and oxygen atoms in total. The van der Waals surface area contributed by atoms with E-state index in [4.69, 9.17) is 32.4 Å². The quantitative estimate of drug-likeness (QED) is 0.789. The van der Waals surface area contributed by atoms with E-state index in [-0.39, 0.29) is 12.4 Å². The van der Waals surface area contributed by atoms with Gasteiger partial charge in [-0.15, -0.1) is 0 Å². The standard InChI is InChI=1S/C12H8Cl2O3/c13-10-2-1-3-11(12(10)14)16-7-9-5-4-8(6-15)17-9/h1-6H,7H2. The molecule has 0 unspecified atom stereocenters. The normalized spacial score (nSPS) is 10.2. The van der Waals surface area contributed by atoms with Crippen molar-refractivity contribution in [2.45, 2.75) is 6.61 Å². The summed E-state index contributed by atoms with van der Waals surface area (Å²) in [5, 5.41) is 0.786. The SMILES string of the molecule is O=Cc1ccc(COc2cccc(Cl)c2Cl)o1. The highest BCUT2D eigenvalue weighted by Gasteiger charge is 2.07. The van der Waals surface area contributed by atoms with E-state index >= 15 is 0 Å². The van der Waals surface area contributed by atoms with Gasteiger partial charge in [-0.05, 0) is 24.3 Å². The third kappa shape index (κ3) is 2.81. The highest BCUT2D eigenvalue weighted by Crippen LogP contribution is 2.31. The summed E-state index contributed by atoms with van der Waals surface area (Å²) in [5.41, 5.74) is 0. The van der Waals surface area contributed by atoms with Crippen molar-refractivity contribution in [2.75, 3.05) is 0 Å². The summed E-state index contributed by atoms with van der Waals surface area (Å²) in [7, 11) is 0. The van der Waals surface area contributed by atoms with E-state index in [1.165, 1.54) is 0 Å². The first-order valence-corrected chi connectivity index (χ1v) is 5.57. The second-order valence-electron chi connectivity index (χ2n) is 3.26. The van der Waals surface area contributed by atoms with Gasteiger partial charge in [0.05, 0.1) is 5.02 Å². The molecule has 1 aromatic heterocycles. The Morgan fingerprint density at radius 3 is 2.76 bits per heavy atom. The molecule has 0 spiro atoms. The molecule has 88 valence electrons. The van der Waals surface area contributed by atoms with Gasteiger partial charge in [-0.2, -0.15) is 0 Å². The molecule has 0 aliphatic heterocycles. The molecule has 0 N–H and O–H groups in total. The summed E-state index contributed by atoms with van der Waals surface area (Å²) in [4.78, 5) is 10.4. The number of carbonyl (C=O) groups excluding carboxylic acids is 1. The largest absolute Gasteiger partial charge is 0.484 e. The van der Waals surface area contributed by atoms with Gasteiger partial charge in [-0.3, -0.25) is 4.79 Å². The minimum Gasteiger partial charge on any atom is -0.484 e. The van der Waals surface area contributed by atoms with Crippen LogP contribution >= 0.6 is 23.2 Å². The predicted octanol–water partition coefficient (Wildman–Crippen LogP) is 3.98. The van der Waals surface area contributed by atoms with Gasteiger partial charge in [-0.1, -0.05) is 29.3 Å². The van der Waals surface area contributed by atoms with Crippen LogP contribution in [0.5, 0.6) is 5.75 Å². The van der Waals surface area contributed by atoms with Crippen molar-refractivity contribution in [2.24, 2.45) is 0 Å². The van der Waals surface area contributed by atoms with Crippen LogP contribution in [-0.2, 0) is 6.61 Å². The van der Waals surface area contributed by atoms with Gasteiger partial charge in [0, 0.05) is 0 Å².